The number of nitrogens with zero attached hydrogens (tertiary/aromatic N) is 3. The Hall–Kier alpha value is -2.64. The molecule has 2 rings (SSSR count). The van der Waals surface area contributed by atoms with E-state index >= 15 is 0 Å². The van der Waals surface area contributed by atoms with E-state index in [1.54, 1.807) is 19.3 Å². The van der Waals surface area contributed by atoms with Gasteiger partial charge in [-0.05, 0) is 24.3 Å². The summed E-state index contributed by atoms with van der Waals surface area (Å²) in [5.74, 6) is -0.791. The van der Waals surface area contributed by atoms with Crippen LogP contribution in [0.5, 0.6) is 5.88 Å². The van der Waals surface area contributed by atoms with Crippen LogP contribution in [0.4, 0.5) is 13.2 Å². The number of amides is 1. The molecule has 2 aromatic rings. The van der Waals surface area contributed by atoms with E-state index in [0.29, 0.717) is 13.0 Å². The Morgan fingerprint density at radius 3 is 2.58 bits per heavy atom. The fourth-order valence-corrected chi connectivity index (χ4v) is 1.95. The lowest BCUT2D eigenvalue weighted by Crippen LogP contribution is -2.30. The molecule has 24 heavy (non-hydrogen) atoms. The zero-order valence-corrected chi connectivity index (χ0v) is 13.0. The Balaban J connectivity index is 2.03. The number of hydrogen-bond acceptors (Lipinski definition) is 4. The molecule has 0 N–H and O–H groups in total. The second kappa shape index (κ2) is 7.76. The molecule has 0 aliphatic rings. The zero-order chi connectivity index (χ0) is 17.6. The molecule has 0 spiro atoms. The molecule has 0 unspecified atom stereocenters. The topological polar surface area (TPSA) is 55.3 Å². The Kier molecular flexibility index (Phi) is 5.73. The van der Waals surface area contributed by atoms with Gasteiger partial charge in [-0.1, -0.05) is 6.07 Å². The van der Waals surface area contributed by atoms with Gasteiger partial charge < -0.3 is 9.64 Å². The van der Waals surface area contributed by atoms with Gasteiger partial charge in [-0.15, -0.1) is 0 Å². The average Bonchev–Trinajstić information content (AvgIpc) is 2.57. The first-order chi connectivity index (χ1) is 11.4. The third kappa shape index (κ3) is 5.22. The number of carbonyl (C=O) groups is 1. The highest BCUT2D eigenvalue weighted by Gasteiger charge is 2.30. The number of hydrogen-bond donors (Lipinski definition) is 0. The first kappa shape index (κ1) is 17.7. The maximum atomic E-state index is 12.4. The Labute approximate surface area is 137 Å². The highest BCUT2D eigenvalue weighted by atomic mass is 19.4. The molecule has 0 fully saturated rings. The van der Waals surface area contributed by atoms with E-state index in [1.165, 1.54) is 23.2 Å². The first-order valence-electron chi connectivity index (χ1n) is 7.17. The highest BCUT2D eigenvalue weighted by molar-refractivity contribution is 5.96. The summed E-state index contributed by atoms with van der Waals surface area (Å²) in [5, 5.41) is 0. The molecule has 0 aromatic carbocycles. The van der Waals surface area contributed by atoms with Crippen molar-refractivity contribution in [2.45, 2.75) is 12.6 Å². The lowest BCUT2D eigenvalue weighted by Gasteiger charge is -2.18. The summed E-state index contributed by atoms with van der Waals surface area (Å²) in [7, 11) is 1.56. The van der Waals surface area contributed by atoms with Crippen LogP contribution in [0.25, 0.3) is 0 Å². The van der Waals surface area contributed by atoms with Crippen LogP contribution in [0.15, 0.2) is 42.7 Å². The van der Waals surface area contributed by atoms with Gasteiger partial charge in [-0.3, -0.25) is 9.78 Å². The molecule has 1 amide bonds. The van der Waals surface area contributed by atoms with Gasteiger partial charge in [0.05, 0.1) is 0 Å². The van der Waals surface area contributed by atoms with Gasteiger partial charge in [0.2, 0.25) is 5.88 Å². The van der Waals surface area contributed by atoms with Gasteiger partial charge >= 0.3 is 6.18 Å². The quantitative estimate of drug-likeness (QED) is 0.812. The molecule has 5 nitrogen and oxygen atoms in total. The van der Waals surface area contributed by atoms with Crippen LogP contribution < -0.4 is 4.74 Å². The van der Waals surface area contributed by atoms with Crippen LogP contribution in [0.1, 0.15) is 16.1 Å². The van der Waals surface area contributed by atoms with Gasteiger partial charge in [0, 0.05) is 38.1 Å². The SMILES string of the molecule is CN(CCc1ccccn1)C(=O)c1cccnc1OCC(F)(F)F. The van der Waals surface area contributed by atoms with Crippen molar-refractivity contribution >= 4 is 5.91 Å². The van der Waals surface area contributed by atoms with E-state index < -0.39 is 18.7 Å². The number of likely N-dealkylation sites (N-methyl/N-ethyl adjacent to an activating group) is 1. The van der Waals surface area contributed by atoms with Crippen LogP contribution in [-0.4, -0.2) is 47.2 Å². The van der Waals surface area contributed by atoms with Crippen molar-refractivity contribution in [2.24, 2.45) is 0 Å². The summed E-state index contributed by atoms with van der Waals surface area (Å²) < 4.78 is 41.5. The normalized spacial score (nSPS) is 11.2. The van der Waals surface area contributed by atoms with Gasteiger partial charge in [0.15, 0.2) is 6.61 Å². The van der Waals surface area contributed by atoms with Gasteiger partial charge in [0.1, 0.15) is 5.56 Å². The standard InChI is InChI=1S/C16H16F3N3O2/c1-22(10-7-12-5-2-3-8-20-12)15(23)13-6-4-9-21-14(13)24-11-16(17,18)19/h2-6,8-9H,7,10-11H2,1H3. The molecule has 128 valence electrons. The lowest BCUT2D eigenvalue weighted by molar-refractivity contribution is -0.154. The van der Waals surface area contributed by atoms with Gasteiger partial charge in [0.25, 0.3) is 5.91 Å². The Morgan fingerprint density at radius 1 is 1.17 bits per heavy atom. The second-order valence-corrected chi connectivity index (χ2v) is 5.06. The fraction of sp³-hybridized carbons (Fsp3) is 0.312. The van der Waals surface area contributed by atoms with E-state index in [9.17, 15) is 18.0 Å². The molecule has 0 bridgehead atoms. The molecule has 0 saturated carbocycles. The van der Waals surface area contributed by atoms with Crippen molar-refractivity contribution in [1.82, 2.24) is 14.9 Å². The number of rotatable bonds is 6. The number of pyridine rings is 2. The summed E-state index contributed by atoms with van der Waals surface area (Å²) in [6.45, 7) is -1.13. The van der Waals surface area contributed by atoms with Crippen molar-refractivity contribution < 1.29 is 22.7 Å². The smallest absolute Gasteiger partial charge is 0.422 e. The molecule has 0 radical (unpaired) electrons. The molecule has 2 aromatic heterocycles. The number of ether oxygens (including phenoxy) is 1. The molecule has 0 atom stereocenters. The van der Waals surface area contributed by atoms with Crippen molar-refractivity contribution in [3.63, 3.8) is 0 Å². The maximum Gasteiger partial charge on any atom is 0.422 e. The highest BCUT2D eigenvalue weighted by Crippen LogP contribution is 2.21. The van der Waals surface area contributed by atoms with Crippen LogP contribution in [0, 0.1) is 0 Å². The minimum atomic E-state index is -4.50. The first-order valence-corrected chi connectivity index (χ1v) is 7.17. The van der Waals surface area contributed by atoms with Gasteiger partial charge in [-0.25, -0.2) is 4.98 Å². The summed E-state index contributed by atoms with van der Waals surface area (Å²) in [5.41, 5.74) is 0.808. The average molecular weight is 339 g/mol. The van der Waals surface area contributed by atoms with E-state index in [4.69, 9.17) is 0 Å². The molecular weight excluding hydrogens is 323 g/mol. The van der Waals surface area contributed by atoms with E-state index in [1.807, 2.05) is 12.1 Å². The van der Waals surface area contributed by atoms with Crippen LogP contribution >= 0.6 is 0 Å². The van der Waals surface area contributed by atoms with Crippen molar-refractivity contribution in [3.05, 3.63) is 54.0 Å². The Bertz CT molecular complexity index is 678. The molecule has 8 heteroatoms. The zero-order valence-electron chi connectivity index (χ0n) is 13.0. The number of aromatic nitrogens is 2. The third-order valence-electron chi connectivity index (χ3n) is 3.15. The summed E-state index contributed by atoms with van der Waals surface area (Å²) in [4.78, 5) is 21.7. The van der Waals surface area contributed by atoms with E-state index in [2.05, 4.69) is 14.7 Å². The van der Waals surface area contributed by atoms with Crippen LogP contribution in [-0.2, 0) is 6.42 Å². The molecular formula is C16H16F3N3O2. The van der Waals surface area contributed by atoms with Gasteiger partial charge in [-0.2, -0.15) is 13.2 Å². The van der Waals surface area contributed by atoms with Crippen LogP contribution in [0.2, 0.25) is 0 Å². The predicted octanol–water partition coefficient (Wildman–Crippen LogP) is 2.73. The largest absolute Gasteiger partial charge is 0.467 e. The minimum absolute atomic E-state index is 0.00901. The second-order valence-electron chi connectivity index (χ2n) is 5.06. The molecule has 0 saturated heterocycles. The number of halogens is 3. The Morgan fingerprint density at radius 2 is 1.92 bits per heavy atom. The third-order valence-corrected chi connectivity index (χ3v) is 3.15. The maximum absolute atomic E-state index is 12.4. The predicted molar refractivity (Wildman–Crippen MR) is 80.7 cm³/mol. The molecule has 2 heterocycles. The number of carbonyl (C=O) groups excluding carboxylic acids is 1. The summed E-state index contributed by atoms with van der Waals surface area (Å²) in [6.07, 6.45) is -1.04. The van der Waals surface area contributed by atoms with Crippen molar-refractivity contribution in [3.8, 4) is 5.88 Å². The van der Waals surface area contributed by atoms with E-state index in [0.717, 1.165) is 5.69 Å². The summed E-state index contributed by atoms with van der Waals surface area (Å²) >= 11 is 0. The van der Waals surface area contributed by atoms with E-state index in [-0.39, 0.29) is 11.4 Å². The summed E-state index contributed by atoms with van der Waals surface area (Å²) in [6, 6.07) is 8.32. The number of alkyl halides is 3. The fourth-order valence-electron chi connectivity index (χ4n) is 1.95. The van der Waals surface area contributed by atoms with Crippen LogP contribution in [0.3, 0.4) is 0 Å². The lowest BCUT2D eigenvalue weighted by atomic mass is 10.2. The molecule has 0 aliphatic carbocycles. The monoisotopic (exact) mass is 339 g/mol. The van der Waals surface area contributed by atoms with Crippen molar-refractivity contribution in [1.29, 1.82) is 0 Å². The molecule has 0 aliphatic heterocycles. The minimum Gasteiger partial charge on any atom is -0.467 e. The van der Waals surface area contributed by atoms with Crippen molar-refractivity contribution in [2.75, 3.05) is 20.2 Å².